The summed E-state index contributed by atoms with van der Waals surface area (Å²) in [4.78, 5) is 4.61. The fourth-order valence-electron chi connectivity index (χ4n) is 4.37. The summed E-state index contributed by atoms with van der Waals surface area (Å²) in [7, 11) is 2.10. The molecule has 3 nitrogen and oxygen atoms in total. The van der Waals surface area contributed by atoms with Crippen LogP contribution in [0.3, 0.4) is 0 Å². The minimum atomic E-state index is 0.385. The molecule has 0 bridgehead atoms. The van der Waals surface area contributed by atoms with Gasteiger partial charge in [-0.2, -0.15) is 0 Å². The Morgan fingerprint density at radius 1 is 1.38 bits per heavy atom. The van der Waals surface area contributed by atoms with Gasteiger partial charge in [-0.15, -0.1) is 0 Å². The van der Waals surface area contributed by atoms with Crippen LogP contribution in [0.15, 0.2) is 36.7 Å². The maximum atomic E-state index is 4.61. The van der Waals surface area contributed by atoms with Crippen molar-refractivity contribution in [1.29, 1.82) is 0 Å². The van der Waals surface area contributed by atoms with Crippen molar-refractivity contribution < 1.29 is 0 Å². The van der Waals surface area contributed by atoms with Gasteiger partial charge in [0.15, 0.2) is 0 Å². The molecule has 2 aliphatic carbocycles. The summed E-state index contributed by atoms with van der Waals surface area (Å²) in [6.07, 6.45) is 6.55. The van der Waals surface area contributed by atoms with Crippen LogP contribution in [0.25, 0.3) is 0 Å². The van der Waals surface area contributed by atoms with Crippen molar-refractivity contribution >= 4 is 0 Å². The average molecular weight is 281 g/mol. The van der Waals surface area contributed by atoms with Gasteiger partial charge in [0.2, 0.25) is 0 Å². The fourth-order valence-corrected chi connectivity index (χ4v) is 4.37. The van der Waals surface area contributed by atoms with Crippen LogP contribution in [0.1, 0.15) is 42.3 Å². The Balaban J connectivity index is 1.67. The molecule has 1 fully saturated rings. The SMILES string of the molecule is CCNC(c1nccn1C)C1C2CCc3ccccc3C21. The fraction of sp³-hybridized carbons (Fsp3) is 0.500. The Kier molecular flexibility index (Phi) is 3.11. The van der Waals surface area contributed by atoms with E-state index in [2.05, 4.69) is 59.3 Å². The van der Waals surface area contributed by atoms with Crippen LogP contribution in [0.2, 0.25) is 0 Å². The molecule has 2 aromatic rings. The summed E-state index contributed by atoms with van der Waals surface area (Å²) in [5, 5.41) is 3.69. The van der Waals surface area contributed by atoms with Gasteiger partial charge < -0.3 is 9.88 Å². The van der Waals surface area contributed by atoms with Crippen LogP contribution < -0.4 is 5.32 Å². The summed E-state index contributed by atoms with van der Waals surface area (Å²) in [6, 6.07) is 9.41. The van der Waals surface area contributed by atoms with E-state index in [1.54, 1.807) is 11.1 Å². The average Bonchev–Trinajstić information content (AvgIpc) is 3.10. The Hall–Kier alpha value is -1.61. The maximum Gasteiger partial charge on any atom is 0.125 e. The van der Waals surface area contributed by atoms with E-state index in [1.165, 1.54) is 18.7 Å². The number of aromatic nitrogens is 2. The monoisotopic (exact) mass is 281 g/mol. The summed E-state index contributed by atoms with van der Waals surface area (Å²) in [5.41, 5.74) is 3.16. The predicted octanol–water partition coefficient (Wildman–Crippen LogP) is 3.05. The topological polar surface area (TPSA) is 29.9 Å². The molecule has 0 spiro atoms. The molecule has 3 heteroatoms. The number of hydrogen-bond donors (Lipinski definition) is 1. The third-order valence-corrected chi connectivity index (χ3v) is 5.34. The third kappa shape index (κ3) is 2.03. The Morgan fingerprint density at radius 2 is 2.24 bits per heavy atom. The molecule has 4 unspecified atom stereocenters. The molecule has 0 saturated heterocycles. The largest absolute Gasteiger partial charge is 0.337 e. The van der Waals surface area contributed by atoms with E-state index in [9.17, 15) is 0 Å². The van der Waals surface area contributed by atoms with Gasteiger partial charge in [-0.1, -0.05) is 31.2 Å². The minimum Gasteiger partial charge on any atom is -0.337 e. The van der Waals surface area contributed by atoms with Crippen LogP contribution >= 0.6 is 0 Å². The molecular weight excluding hydrogens is 258 g/mol. The van der Waals surface area contributed by atoms with E-state index in [4.69, 9.17) is 0 Å². The number of aryl methyl sites for hydroxylation is 2. The Morgan fingerprint density at radius 3 is 3.00 bits per heavy atom. The number of benzene rings is 1. The van der Waals surface area contributed by atoms with E-state index in [0.717, 1.165) is 18.4 Å². The number of nitrogens with one attached hydrogen (secondary N) is 1. The summed E-state index contributed by atoms with van der Waals surface area (Å²) in [5.74, 6) is 3.46. The Bertz CT molecular complexity index is 645. The van der Waals surface area contributed by atoms with Gasteiger partial charge in [0.05, 0.1) is 6.04 Å². The predicted molar refractivity (Wildman–Crippen MR) is 84.1 cm³/mol. The summed E-state index contributed by atoms with van der Waals surface area (Å²) < 4.78 is 2.17. The molecule has 1 saturated carbocycles. The zero-order valence-electron chi connectivity index (χ0n) is 12.8. The normalized spacial score (nSPS) is 27.8. The van der Waals surface area contributed by atoms with Gasteiger partial charge in [0.25, 0.3) is 0 Å². The van der Waals surface area contributed by atoms with Crippen LogP contribution in [0.5, 0.6) is 0 Å². The molecule has 1 heterocycles. The first kappa shape index (κ1) is 13.1. The summed E-state index contributed by atoms with van der Waals surface area (Å²) in [6.45, 7) is 3.19. The van der Waals surface area contributed by atoms with E-state index in [0.29, 0.717) is 12.0 Å². The zero-order chi connectivity index (χ0) is 14.4. The van der Waals surface area contributed by atoms with Crippen molar-refractivity contribution in [3.05, 3.63) is 53.6 Å². The van der Waals surface area contributed by atoms with Crippen molar-refractivity contribution in [2.45, 2.75) is 31.7 Å². The smallest absolute Gasteiger partial charge is 0.125 e. The lowest BCUT2D eigenvalue weighted by molar-refractivity contribution is 0.430. The van der Waals surface area contributed by atoms with Gasteiger partial charge in [-0.05, 0) is 48.3 Å². The van der Waals surface area contributed by atoms with Gasteiger partial charge in [-0.25, -0.2) is 4.98 Å². The lowest BCUT2D eigenvalue weighted by Gasteiger charge is -2.18. The molecule has 1 N–H and O–H groups in total. The first-order chi connectivity index (χ1) is 10.3. The second kappa shape index (κ2) is 4.99. The standard InChI is InChI=1S/C18H23N3/c1-3-19-17(18-20-10-11-21(18)2)16-14-9-8-12-6-4-5-7-13(12)15(14)16/h4-7,10-11,14-17,19H,3,8-9H2,1-2H3. The van der Waals surface area contributed by atoms with Crippen molar-refractivity contribution in [2.24, 2.45) is 18.9 Å². The van der Waals surface area contributed by atoms with Crippen LogP contribution in [-0.4, -0.2) is 16.1 Å². The number of imidazole rings is 1. The molecule has 1 aromatic heterocycles. The molecule has 0 radical (unpaired) electrons. The van der Waals surface area contributed by atoms with Crippen molar-refractivity contribution in [1.82, 2.24) is 14.9 Å². The lowest BCUT2D eigenvalue weighted by Crippen LogP contribution is -2.26. The van der Waals surface area contributed by atoms with Crippen molar-refractivity contribution in [2.75, 3.05) is 6.54 Å². The zero-order valence-corrected chi connectivity index (χ0v) is 12.8. The van der Waals surface area contributed by atoms with E-state index < -0.39 is 0 Å². The lowest BCUT2D eigenvalue weighted by atomic mass is 9.92. The molecule has 0 aliphatic heterocycles. The van der Waals surface area contributed by atoms with Crippen LogP contribution in [0, 0.1) is 11.8 Å². The van der Waals surface area contributed by atoms with Crippen molar-refractivity contribution in [3.63, 3.8) is 0 Å². The van der Waals surface area contributed by atoms with Gasteiger partial charge in [0.1, 0.15) is 5.82 Å². The molecule has 4 rings (SSSR count). The van der Waals surface area contributed by atoms with Gasteiger partial charge in [0, 0.05) is 19.4 Å². The highest BCUT2D eigenvalue weighted by Gasteiger charge is 2.57. The molecule has 0 amide bonds. The highest BCUT2D eigenvalue weighted by Crippen LogP contribution is 2.63. The van der Waals surface area contributed by atoms with Crippen LogP contribution in [0.4, 0.5) is 0 Å². The van der Waals surface area contributed by atoms with Crippen LogP contribution in [-0.2, 0) is 13.5 Å². The highest BCUT2D eigenvalue weighted by molar-refractivity contribution is 5.40. The third-order valence-electron chi connectivity index (χ3n) is 5.34. The van der Waals surface area contributed by atoms with Gasteiger partial charge in [-0.3, -0.25) is 0 Å². The highest BCUT2D eigenvalue weighted by atomic mass is 15.1. The molecule has 2 aliphatic rings. The van der Waals surface area contributed by atoms with Gasteiger partial charge >= 0.3 is 0 Å². The van der Waals surface area contributed by atoms with E-state index in [1.807, 2.05) is 6.20 Å². The molecule has 110 valence electrons. The quantitative estimate of drug-likeness (QED) is 0.933. The summed E-state index contributed by atoms with van der Waals surface area (Å²) >= 11 is 0. The maximum absolute atomic E-state index is 4.61. The first-order valence-corrected chi connectivity index (χ1v) is 8.09. The number of hydrogen-bond acceptors (Lipinski definition) is 2. The minimum absolute atomic E-state index is 0.385. The second-order valence-electron chi connectivity index (χ2n) is 6.44. The number of rotatable bonds is 4. The van der Waals surface area contributed by atoms with Crippen molar-refractivity contribution in [3.8, 4) is 0 Å². The molecule has 21 heavy (non-hydrogen) atoms. The van der Waals surface area contributed by atoms with E-state index in [-0.39, 0.29) is 0 Å². The first-order valence-electron chi connectivity index (χ1n) is 8.09. The molecule has 4 atom stereocenters. The Labute approximate surface area is 126 Å². The second-order valence-corrected chi connectivity index (χ2v) is 6.44. The number of fused-ring (bicyclic) bond motifs is 3. The molecule has 1 aromatic carbocycles. The molecular formula is C18H23N3. The van der Waals surface area contributed by atoms with E-state index >= 15 is 0 Å². The number of nitrogens with zero attached hydrogens (tertiary/aromatic N) is 2.